The summed E-state index contributed by atoms with van der Waals surface area (Å²) in [6, 6.07) is 5.67. The van der Waals surface area contributed by atoms with Gasteiger partial charge in [-0.1, -0.05) is 0 Å². The lowest BCUT2D eigenvalue weighted by Crippen LogP contribution is -2.46. The molecule has 0 bridgehead atoms. The highest BCUT2D eigenvalue weighted by Gasteiger charge is 2.32. The molecular formula is C18H22F2N2O3. The number of carbonyl (C=O) groups excluding carboxylic acids is 2. The number of piperidine rings is 1. The van der Waals surface area contributed by atoms with Gasteiger partial charge >= 0.3 is 6.61 Å². The number of carbonyl (C=O) groups is 2. The van der Waals surface area contributed by atoms with Crippen LogP contribution in [-0.2, 0) is 4.79 Å². The number of likely N-dealkylation sites (tertiary alicyclic amines) is 2. The smallest absolute Gasteiger partial charge is 0.387 e. The topological polar surface area (TPSA) is 49.9 Å². The van der Waals surface area contributed by atoms with E-state index in [0.717, 1.165) is 38.8 Å². The first kappa shape index (κ1) is 17.6. The summed E-state index contributed by atoms with van der Waals surface area (Å²) in [5, 5.41) is 0. The molecule has 25 heavy (non-hydrogen) atoms. The molecule has 2 aliphatic rings. The van der Waals surface area contributed by atoms with E-state index in [0.29, 0.717) is 18.7 Å². The van der Waals surface area contributed by atoms with Crippen molar-refractivity contribution in [2.45, 2.75) is 32.3 Å². The molecule has 0 radical (unpaired) electrons. The Morgan fingerprint density at radius 2 is 1.64 bits per heavy atom. The SMILES string of the molecule is O=C(c1ccc(OC(F)F)cc1)N1CCCC(C(=O)N2CCCC2)C1. The number of amides is 2. The van der Waals surface area contributed by atoms with Gasteiger partial charge in [-0.25, -0.2) is 0 Å². The Balaban J connectivity index is 1.62. The fourth-order valence-electron chi connectivity index (χ4n) is 3.52. The van der Waals surface area contributed by atoms with Crippen molar-refractivity contribution >= 4 is 11.8 Å². The van der Waals surface area contributed by atoms with Gasteiger partial charge in [-0.15, -0.1) is 0 Å². The zero-order valence-corrected chi connectivity index (χ0v) is 14.0. The largest absolute Gasteiger partial charge is 0.435 e. The molecule has 1 atom stereocenters. The normalized spacial score (nSPS) is 20.8. The van der Waals surface area contributed by atoms with E-state index in [-0.39, 0.29) is 23.5 Å². The van der Waals surface area contributed by atoms with Crippen LogP contribution in [0, 0.1) is 5.92 Å². The fourth-order valence-corrected chi connectivity index (χ4v) is 3.52. The Hall–Kier alpha value is -2.18. The third kappa shape index (κ3) is 4.27. The van der Waals surface area contributed by atoms with Gasteiger partial charge in [0.15, 0.2) is 0 Å². The van der Waals surface area contributed by atoms with Gasteiger partial charge in [0, 0.05) is 31.7 Å². The second-order valence-electron chi connectivity index (χ2n) is 6.53. The molecule has 0 saturated carbocycles. The van der Waals surface area contributed by atoms with Crippen molar-refractivity contribution in [3.63, 3.8) is 0 Å². The van der Waals surface area contributed by atoms with Crippen LogP contribution in [0.4, 0.5) is 8.78 Å². The lowest BCUT2D eigenvalue weighted by atomic mass is 9.96. The molecular weight excluding hydrogens is 330 g/mol. The number of rotatable bonds is 4. The fraction of sp³-hybridized carbons (Fsp3) is 0.556. The quantitative estimate of drug-likeness (QED) is 0.837. The average molecular weight is 352 g/mol. The molecule has 2 aliphatic heterocycles. The maximum atomic E-state index is 12.6. The summed E-state index contributed by atoms with van der Waals surface area (Å²) in [6.45, 7) is -0.230. The number of hydrogen-bond donors (Lipinski definition) is 0. The first-order valence-electron chi connectivity index (χ1n) is 8.67. The van der Waals surface area contributed by atoms with Crippen molar-refractivity contribution in [1.82, 2.24) is 9.80 Å². The van der Waals surface area contributed by atoms with Crippen LogP contribution in [0.3, 0.4) is 0 Å². The standard InChI is InChI=1S/C18H22F2N2O3/c19-18(20)25-15-7-5-13(6-8-15)16(23)22-11-3-4-14(12-22)17(24)21-9-1-2-10-21/h5-8,14,18H,1-4,9-12H2. The van der Waals surface area contributed by atoms with Crippen molar-refractivity contribution in [2.24, 2.45) is 5.92 Å². The third-order valence-corrected chi connectivity index (χ3v) is 4.80. The minimum absolute atomic E-state index is 0.0206. The highest BCUT2D eigenvalue weighted by Crippen LogP contribution is 2.23. The summed E-state index contributed by atoms with van der Waals surface area (Å²) in [5.41, 5.74) is 0.413. The molecule has 7 heteroatoms. The van der Waals surface area contributed by atoms with Gasteiger partial charge in [-0.05, 0) is 49.9 Å². The van der Waals surface area contributed by atoms with Crippen LogP contribution < -0.4 is 4.74 Å². The molecule has 136 valence electrons. The molecule has 2 fully saturated rings. The van der Waals surface area contributed by atoms with Gasteiger partial charge in [-0.2, -0.15) is 8.78 Å². The van der Waals surface area contributed by atoms with Crippen molar-refractivity contribution < 1.29 is 23.1 Å². The number of alkyl halides is 2. The van der Waals surface area contributed by atoms with Crippen molar-refractivity contribution in [1.29, 1.82) is 0 Å². The Morgan fingerprint density at radius 1 is 1.00 bits per heavy atom. The second kappa shape index (κ2) is 7.80. The lowest BCUT2D eigenvalue weighted by molar-refractivity contribution is -0.135. The molecule has 0 N–H and O–H groups in total. The van der Waals surface area contributed by atoms with Crippen molar-refractivity contribution in [3.05, 3.63) is 29.8 Å². The molecule has 1 aromatic carbocycles. The minimum Gasteiger partial charge on any atom is -0.435 e. The highest BCUT2D eigenvalue weighted by atomic mass is 19.3. The Labute approximate surface area is 145 Å². The van der Waals surface area contributed by atoms with E-state index in [2.05, 4.69) is 4.74 Å². The van der Waals surface area contributed by atoms with Crippen LogP contribution in [-0.4, -0.2) is 54.4 Å². The predicted molar refractivity (Wildman–Crippen MR) is 87.5 cm³/mol. The van der Waals surface area contributed by atoms with Crippen LogP contribution in [0.1, 0.15) is 36.0 Å². The van der Waals surface area contributed by atoms with Gasteiger partial charge < -0.3 is 14.5 Å². The van der Waals surface area contributed by atoms with E-state index < -0.39 is 6.61 Å². The predicted octanol–water partition coefficient (Wildman–Crippen LogP) is 2.76. The Morgan fingerprint density at radius 3 is 2.28 bits per heavy atom. The molecule has 3 rings (SSSR count). The third-order valence-electron chi connectivity index (χ3n) is 4.80. The first-order chi connectivity index (χ1) is 12.0. The van der Waals surface area contributed by atoms with Crippen LogP contribution in [0.15, 0.2) is 24.3 Å². The van der Waals surface area contributed by atoms with E-state index in [1.165, 1.54) is 24.3 Å². The molecule has 0 aliphatic carbocycles. The van der Waals surface area contributed by atoms with Crippen LogP contribution in [0.25, 0.3) is 0 Å². The maximum absolute atomic E-state index is 12.6. The van der Waals surface area contributed by atoms with E-state index >= 15 is 0 Å². The first-order valence-corrected chi connectivity index (χ1v) is 8.67. The molecule has 1 unspecified atom stereocenters. The number of benzene rings is 1. The Bertz CT molecular complexity index is 615. The van der Waals surface area contributed by atoms with Gasteiger partial charge in [0.1, 0.15) is 5.75 Å². The van der Waals surface area contributed by atoms with E-state index in [1.807, 2.05) is 4.90 Å². The summed E-state index contributed by atoms with van der Waals surface area (Å²) in [7, 11) is 0. The van der Waals surface area contributed by atoms with E-state index in [4.69, 9.17) is 0 Å². The van der Waals surface area contributed by atoms with Gasteiger partial charge in [0.2, 0.25) is 5.91 Å². The monoisotopic (exact) mass is 352 g/mol. The molecule has 1 aromatic rings. The summed E-state index contributed by atoms with van der Waals surface area (Å²) >= 11 is 0. The van der Waals surface area contributed by atoms with Crippen molar-refractivity contribution in [3.8, 4) is 5.75 Å². The summed E-state index contributed by atoms with van der Waals surface area (Å²) in [6.07, 6.45) is 3.70. The summed E-state index contributed by atoms with van der Waals surface area (Å²) in [4.78, 5) is 28.8. The Kier molecular flexibility index (Phi) is 5.50. The molecule has 2 amide bonds. The number of nitrogens with zero attached hydrogens (tertiary/aromatic N) is 2. The van der Waals surface area contributed by atoms with Crippen molar-refractivity contribution in [2.75, 3.05) is 26.2 Å². The van der Waals surface area contributed by atoms with Gasteiger partial charge in [0.25, 0.3) is 5.91 Å². The molecule has 0 aromatic heterocycles. The highest BCUT2D eigenvalue weighted by molar-refractivity contribution is 5.94. The maximum Gasteiger partial charge on any atom is 0.387 e. The summed E-state index contributed by atoms with van der Waals surface area (Å²) < 4.78 is 28.7. The zero-order valence-electron chi connectivity index (χ0n) is 14.0. The number of halogens is 2. The minimum atomic E-state index is -2.89. The number of hydrogen-bond acceptors (Lipinski definition) is 3. The number of ether oxygens (including phenoxy) is 1. The molecule has 2 heterocycles. The van der Waals surface area contributed by atoms with Crippen LogP contribution in [0.5, 0.6) is 5.75 Å². The van der Waals surface area contributed by atoms with Gasteiger partial charge in [0.05, 0.1) is 5.92 Å². The second-order valence-corrected chi connectivity index (χ2v) is 6.53. The van der Waals surface area contributed by atoms with Crippen LogP contribution >= 0.6 is 0 Å². The molecule has 2 saturated heterocycles. The zero-order chi connectivity index (χ0) is 17.8. The molecule has 0 spiro atoms. The van der Waals surface area contributed by atoms with Crippen LogP contribution in [0.2, 0.25) is 0 Å². The van der Waals surface area contributed by atoms with Gasteiger partial charge in [-0.3, -0.25) is 9.59 Å². The molecule has 5 nitrogen and oxygen atoms in total. The average Bonchev–Trinajstić information content (AvgIpc) is 3.15. The van der Waals surface area contributed by atoms with E-state index in [1.54, 1.807) is 4.90 Å². The summed E-state index contributed by atoms with van der Waals surface area (Å²) in [5.74, 6) is -0.150. The lowest BCUT2D eigenvalue weighted by Gasteiger charge is -2.34. The van der Waals surface area contributed by atoms with E-state index in [9.17, 15) is 18.4 Å².